The molecular formula is C28H29F3N4OS. The maximum Gasteiger partial charge on any atom is 0.433 e. The molecule has 2 aliphatic rings. The van der Waals surface area contributed by atoms with Crippen molar-refractivity contribution in [1.29, 1.82) is 0 Å². The van der Waals surface area contributed by atoms with Crippen molar-refractivity contribution in [2.45, 2.75) is 62.7 Å². The molecule has 1 fully saturated rings. The monoisotopic (exact) mass is 526 g/mol. The number of aryl methyl sites for hydroxylation is 1. The molecule has 2 heterocycles. The minimum Gasteiger partial charge on any atom is -0.387 e. The smallest absolute Gasteiger partial charge is 0.387 e. The maximum atomic E-state index is 13.1. The Bertz CT molecular complexity index is 1280. The van der Waals surface area contributed by atoms with Gasteiger partial charge >= 0.3 is 6.18 Å². The molecule has 1 aliphatic heterocycles. The number of nitrogens with zero attached hydrogens (tertiary/aromatic N) is 3. The van der Waals surface area contributed by atoms with Gasteiger partial charge in [0.2, 0.25) is 5.95 Å². The molecule has 37 heavy (non-hydrogen) atoms. The van der Waals surface area contributed by atoms with Gasteiger partial charge in [0.05, 0.1) is 5.60 Å². The molecule has 0 spiro atoms. The highest BCUT2D eigenvalue weighted by Gasteiger charge is 2.44. The first-order valence-electron chi connectivity index (χ1n) is 12.4. The van der Waals surface area contributed by atoms with Gasteiger partial charge in [-0.25, -0.2) is 9.97 Å². The summed E-state index contributed by atoms with van der Waals surface area (Å²) in [7, 11) is 0. The summed E-state index contributed by atoms with van der Waals surface area (Å²) < 4.78 is 39.3. The SMILES string of the molecule is Cc1cc(Nc2nccc(C(F)(F)F)n2)cc(C2=CN(Cc3ccccc3)C(C3(O)CCCCC3)S2)c1. The number of aromatic nitrogens is 2. The van der Waals surface area contributed by atoms with Crippen molar-refractivity contribution in [1.82, 2.24) is 14.9 Å². The van der Waals surface area contributed by atoms with E-state index in [4.69, 9.17) is 0 Å². The van der Waals surface area contributed by atoms with Gasteiger partial charge in [-0.1, -0.05) is 67.4 Å². The molecule has 1 atom stereocenters. The van der Waals surface area contributed by atoms with E-state index in [1.54, 1.807) is 11.8 Å². The van der Waals surface area contributed by atoms with Crippen molar-refractivity contribution in [2.24, 2.45) is 0 Å². The highest BCUT2D eigenvalue weighted by molar-refractivity contribution is 8.09. The van der Waals surface area contributed by atoms with Gasteiger partial charge < -0.3 is 15.3 Å². The molecule has 9 heteroatoms. The van der Waals surface area contributed by atoms with Crippen molar-refractivity contribution in [3.8, 4) is 0 Å². The molecule has 0 radical (unpaired) electrons. The van der Waals surface area contributed by atoms with Crippen molar-refractivity contribution in [2.75, 3.05) is 5.32 Å². The van der Waals surface area contributed by atoms with Crippen LogP contribution in [0.2, 0.25) is 0 Å². The first kappa shape index (κ1) is 25.6. The van der Waals surface area contributed by atoms with E-state index < -0.39 is 17.5 Å². The Hall–Kier alpha value is -3.04. The van der Waals surface area contributed by atoms with Crippen molar-refractivity contribution >= 4 is 28.3 Å². The molecule has 5 rings (SSSR count). The molecule has 194 valence electrons. The lowest BCUT2D eigenvalue weighted by Gasteiger charge is -2.41. The Balaban J connectivity index is 1.44. The first-order valence-corrected chi connectivity index (χ1v) is 13.3. The number of benzene rings is 2. The van der Waals surface area contributed by atoms with Gasteiger partial charge in [-0.2, -0.15) is 13.2 Å². The summed E-state index contributed by atoms with van der Waals surface area (Å²) in [5.41, 5.74) is 1.87. The second kappa shape index (κ2) is 10.4. The highest BCUT2D eigenvalue weighted by atomic mass is 32.2. The molecule has 3 aromatic rings. The topological polar surface area (TPSA) is 61.3 Å². The van der Waals surface area contributed by atoms with Crippen LogP contribution >= 0.6 is 11.8 Å². The molecule has 1 aromatic heterocycles. The minimum atomic E-state index is -4.54. The van der Waals surface area contributed by atoms with E-state index in [9.17, 15) is 18.3 Å². The predicted molar refractivity (Wildman–Crippen MR) is 141 cm³/mol. The highest BCUT2D eigenvalue weighted by Crippen LogP contribution is 2.49. The third-order valence-corrected chi connectivity index (χ3v) is 8.30. The minimum absolute atomic E-state index is 0.112. The molecule has 5 nitrogen and oxygen atoms in total. The zero-order chi connectivity index (χ0) is 26.0. The molecule has 0 saturated heterocycles. The standard InChI is InChI=1S/C28H29F3N4OS/c1-19-14-21(16-22(15-19)33-26-32-13-10-24(34-26)28(29,30)31)23-18-35(17-20-8-4-2-5-9-20)25(37-23)27(36)11-6-3-7-12-27/h2,4-5,8-10,13-16,18,25,36H,3,6-7,11-12,17H2,1H3,(H,32,33,34). The summed E-state index contributed by atoms with van der Waals surface area (Å²) in [5, 5.41) is 14.5. The average Bonchev–Trinajstić information content (AvgIpc) is 3.29. The molecular weight excluding hydrogens is 497 g/mol. The number of hydrogen-bond donors (Lipinski definition) is 2. The lowest BCUT2D eigenvalue weighted by Crippen LogP contribution is -2.48. The summed E-state index contributed by atoms with van der Waals surface area (Å²) in [6.45, 7) is 2.62. The van der Waals surface area contributed by atoms with E-state index in [1.165, 1.54) is 5.56 Å². The van der Waals surface area contributed by atoms with Crippen molar-refractivity contribution in [3.05, 3.63) is 89.4 Å². The number of aliphatic hydroxyl groups is 1. The van der Waals surface area contributed by atoms with Crippen LogP contribution in [-0.4, -0.2) is 30.9 Å². The van der Waals surface area contributed by atoms with Crippen molar-refractivity contribution in [3.63, 3.8) is 0 Å². The van der Waals surface area contributed by atoms with Gasteiger partial charge in [-0.3, -0.25) is 0 Å². The molecule has 2 N–H and O–H groups in total. The predicted octanol–water partition coefficient (Wildman–Crippen LogP) is 7.12. The van der Waals surface area contributed by atoms with E-state index in [-0.39, 0.29) is 11.3 Å². The maximum absolute atomic E-state index is 13.1. The van der Waals surface area contributed by atoms with Gasteiger partial charge in [-0.15, -0.1) is 0 Å². The second-order valence-electron chi connectivity index (χ2n) is 9.76. The van der Waals surface area contributed by atoms with E-state index in [0.717, 1.165) is 60.4 Å². The first-order chi connectivity index (χ1) is 17.7. The number of hydrogen-bond acceptors (Lipinski definition) is 6. The van der Waals surface area contributed by atoms with Crippen LogP contribution in [0.5, 0.6) is 0 Å². The molecule has 1 saturated carbocycles. The normalized spacial score (nSPS) is 19.5. The third-order valence-electron chi connectivity index (χ3n) is 6.77. The number of anilines is 2. The number of halogens is 3. The fourth-order valence-corrected chi connectivity index (χ4v) is 6.45. The van der Waals surface area contributed by atoms with Crippen LogP contribution < -0.4 is 5.32 Å². The fraction of sp³-hybridized carbons (Fsp3) is 0.357. The number of alkyl halides is 3. The van der Waals surface area contributed by atoms with Gasteiger partial charge in [0, 0.05) is 29.5 Å². The lowest BCUT2D eigenvalue weighted by atomic mass is 9.84. The molecule has 2 aromatic carbocycles. The van der Waals surface area contributed by atoms with E-state index in [0.29, 0.717) is 12.2 Å². The molecule has 0 bridgehead atoms. The number of thioether (sulfide) groups is 1. The van der Waals surface area contributed by atoms with Crippen LogP contribution in [0.4, 0.5) is 24.8 Å². The van der Waals surface area contributed by atoms with Crippen LogP contribution in [-0.2, 0) is 12.7 Å². The Morgan fingerprint density at radius 1 is 1.08 bits per heavy atom. The van der Waals surface area contributed by atoms with Gasteiger partial charge in [0.15, 0.2) is 0 Å². The second-order valence-corrected chi connectivity index (χ2v) is 10.9. The molecule has 0 amide bonds. The van der Waals surface area contributed by atoms with Gasteiger partial charge in [0.25, 0.3) is 0 Å². The van der Waals surface area contributed by atoms with Gasteiger partial charge in [0.1, 0.15) is 11.1 Å². The zero-order valence-electron chi connectivity index (χ0n) is 20.5. The van der Waals surface area contributed by atoms with Crippen molar-refractivity contribution < 1.29 is 18.3 Å². The zero-order valence-corrected chi connectivity index (χ0v) is 21.3. The van der Waals surface area contributed by atoms with Crippen LogP contribution in [0.25, 0.3) is 4.91 Å². The Morgan fingerprint density at radius 3 is 2.57 bits per heavy atom. The quantitative estimate of drug-likeness (QED) is 0.357. The summed E-state index contributed by atoms with van der Waals surface area (Å²) in [6, 6.07) is 16.8. The van der Waals surface area contributed by atoms with Crippen LogP contribution in [0, 0.1) is 6.92 Å². The van der Waals surface area contributed by atoms with Crippen LogP contribution in [0.1, 0.15) is 54.5 Å². The van der Waals surface area contributed by atoms with E-state index in [1.807, 2.05) is 43.3 Å². The summed E-state index contributed by atoms with van der Waals surface area (Å²) in [5.74, 6) is -0.112. The van der Waals surface area contributed by atoms with Crippen LogP contribution in [0.3, 0.4) is 0 Å². The number of nitrogens with one attached hydrogen (secondary N) is 1. The van der Waals surface area contributed by atoms with E-state index in [2.05, 4.69) is 38.5 Å². The van der Waals surface area contributed by atoms with E-state index >= 15 is 0 Å². The Labute approximate surface area is 218 Å². The average molecular weight is 527 g/mol. The number of rotatable bonds is 6. The Kier molecular flexibility index (Phi) is 7.18. The Morgan fingerprint density at radius 2 is 1.84 bits per heavy atom. The fourth-order valence-electron chi connectivity index (χ4n) is 5.03. The summed E-state index contributed by atoms with van der Waals surface area (Å²) in [6.07, 6.45) is 3.36. The summed E-state index contributed by atoms with van der Waals surface area (Å²) >= 11 is 1.66. The summed E-state index contributed by atoms with van der Waals surface area (Å²) in [4.78, 5) is 10.8. The van der Waals surface area contributed by atoms with Gasteiger partial charge in [-0.05, 0) is 54.7 Å². The largest absolute Gasteiger partial charge is 0.433 e. The molecule has 1 unspecified atom stereocenters. The lowest BCUT2D eigenvalue weighted by molar-refractivity contribution is -0.141. The third kappa shape index (κ3) is 5.93. The van der Waals surface area contributed by atoms with Crippen LogP contribution in [0.15, 0.2) is 67.0 Å². The molecule has 1 aliphatic carbocycles.